The van der Waals surface area contributed by atoms with Gasteiger partial charge >= 0.3 is 5.97 Å². The topological polar surface area (TPSA) is 29.5 Å². The molecule has 1 aliphatic rings. The summed E-state index contributed by atoms with van der Waals surface area (Å²) in [7, 11) is 1.45. The summed E-state index contributed by atoms with van der Waals surface area (Å²) in [6.07, 6.45) is 3.93. The van der Waals surface area contributed by atoms with Crippen LogP contribution in [-0.2, 0) is 16.1 Å². The third-order valence-corrected chi connectivity index (χ3v) is 3.89. The van der Waals surface area contributed by atoms with Crippen LogP contribution in [0.2, 0.25) is 5.02 Å². The molecule has 4 heteroatoms. The summed E-state index contributed by atoms with van der Waals surface area (Å²) < 4.78 is 4.78. The zero-order valence-electron chi connectivity index (χ0n) is 11.3. The number of benzene rings is 1. The molecule has 0 aromatic heterocycles. The van der Waals surface area contributed by atoms with E-state index in [0.717, 1.165) is 24.5 Å². The zero-order chi connectivity index (χ0) is 13.7. The van der Waals surface area contributed by atoms with Crippen molar-refractivity contribution in [1.29, 1.82) is 0 Å². The molecular formula is C15H20ClNO2. The number of esters is 1. The van der Waals surface area contributed by atoms with Crippen LogP contribution in [0.4, 0.5) is 0 Å². The van der Waals surface area contributed by atoms with Crippen molar-refractivity contribution >= 4 is 17.6 Å². The molecule has 0 spiro atoms. The van der Waals surface area contributed by atoms with Crippen LogP contribution < -0.4 is 0 Å². The molecule has 0 N–H and O–H groups in total. The molecule has 1 aromatic rings. The number of rotatable bonds is 4. The molecule has 1 saturated heterocycles. The van der Waals surface area contributed by atoms with Gasteiger partial charge in [0.1, 0.15) is 0 Å². The lowest BCUT2D eigenvalue weighted by atomic mass is 9.98. The van der Waals surface area contributed by atoms with Gasteiger partial charge in [-0.15, -0.1) is 0 Å². The number of hydrogen-bond acceptors (Lipinski definition) is 3. The quantitative estimate of drug-likeness (QED) is 0.794. The van der Waals surface area contributed by atoms with Gasteiger partial charge in [0.25, 0.3) is 0 Å². The van der Waals surface area contributed by atoms with Crippen molar-refractivity contribution in [3.8, 4) is 0 Å². The first-order valence-corrected chi connectivity index (χ1v) is 7.12. The molecule has 0 radical (unpaired) electrons. The number of piperidine rings is 1. The fourth-order valence-electron chi connectivity index (χ4n) is 2.64. The molecule has 1 aliphatic heterocycles. The van der Waals surface area contributed by atoms with Gasteiger partial charge in [0, 0.05) is 17.6 Å². The Hall–Kier alpha value is -1.06. The van der Waals surface area contributed by atoms with Gasteiger partial charge in [-0.2, -0.15) is 0 Å². The van der Waals surface area contributed by atoms with Gasteiger partial charge in [-0.3, -0.25) is 9.69 Å². The Morgan fingerprint density at radius 3 is 3.05 bits per heavy atom. The van der Waals surface area contributed by atoms with Crippen molar-refractivity contribution in [1.82, 2.24) is 4.90 Å². The normalized spacial score (nSPS) is 20.2. The predicted octanol–water partition coefficient (Wildman–Crippen LogP) is 3.26. The third-order valence-electron chi connectivity index (χ3n) is 3.65. The molecule has 3 nitrogen and oxygen atoms in total. The number of carbonyl (C=O) groups excluding carboxylic acids is 1. The van der Waals surface area contributed by atoms with Crippen LogP contribution in [0, 0.1) is 0 Å². The van der Waals surface area contributed by atoms with Gasteiger partial charge in [0.05, 0.1) is 13.5 Å². The fraction of sp³-hybridized carbons (Fsp3) is 0.533. The third kappa shape index (κ3) is 4.22. The Balaban J connectivity index is 2.01. The van der Waals surface area contributed by atoms with Crippen LogP contribution in [0.1, 0.15) is 31.2 Å². The molecule has 0 bridgehead atoms. The van der Waals surface area contributed by atoms with E-state index in [1.165, 1.54) is 25.5 Å². The molecule has 0 amide bonds. The van der Waals surface area contributed by atoms with E-state index < -0.39 is 0 Å². The van der Waals surface area contributed by atoms with E-state index in [9.17, 15) is 4.79 Å². The summed E-state index contributed by atoms with van der Waals surface area (Å²) >= 11 is 6.01. The standard InChI is InChI=1S/C15H20ClNO2/c1-19-15(18)10-14-7-2-3-8-17(14)11-12-5-4-6-13(16)9-12/h4-6,9,14H,2-3,7-8,10-11H2,1H3. The molecule has 1 aromatic carbocycles. The number of hydrogen-bond donors (Lipinski definition) is 0. The Morgan fingerprint density at radius 1 is 1.47 bits per heavy atom. The van der Waals surface area contributed by atoms with Crippen LogP contribution in [0.15, 0.2) is 24.3 Å². The first kappa shape index (κ1) is 14.4. The van der Waals surface area contributed by atoms with Crippen LogP contribution >= 0.6 is 11.6 Å². The molecule has 19 heavy (non-hydrogen) atoms. The summed E-state index contributed by atoms with van der Waals surface area (Å²) in [4.78, 5) is 13.8. The molecule has 1 atom stereocenters. The van der Waals surface area contributed by atoms with E-state index in [4.69, 9.17) is 16.3 Å². The first-order valence-electron chi connectivity index (χ1n) is 6.74. The maximum absolute atomic E-state index is 11.5. The molecule has 0 aliphatic carbocycles. The Labute approximate surface area is 119 Å². The highest BCUT2D eigenvalue weighted by Crippen LogP contribution is 2.23. The summed E-state index contributed by atoms with van der Waals surface area (Å²) in [6, 6.07) is 8.21. The monoisotopic (exact) mass is 281 g/mol. The second-order valence-corrected chi connectivity index (χ2v) is 5.47. The van der Waals surface area contributed by atoms with Gasteiger partial charge < -0.3 is 4.74 Å². The van der Waals surface area contributed by atoms with Gasteiger partial charge in [-0.1, -0.05) is 30.2 Å². The molecule has 1 heterocycles. The van der Waals surface area contributed by atoms with Crippen molar-refractivity contribution in [3.05, 3.63) is 34.9 Å². The number of likely N-dealkylation sites (tertiary alicyclic amines) is 1. The first-order chi connectivity index (χ1) is 9.19. The van der Waals surface area contributed by atoms with Crippen molar-refractivity contribution in [2.45, 2.75) is 38.3 Å². The smallest absolute Gasteiger partial charge is 0.307 e. The Kier molecular flexibility index (Phi) is 5.23. The van der Waals surface area contributed by atoms with Gasteiger partial charge in [0.2, 0.25) is 0 Å². The van der Waals surface area contributed by atoms with Gasteiger partial charge in [0.15, 0.2) is 0 Å². The largest absolute Gasteiger partial charge is 0.469 e. The summed E-state index contributed by atoms with van der Waals surface area (Å²) in [5, 5.41) is 0.763. The fourth-order valence-corrected chi connectivity index (χ4v) is 2.86. The highest BCUT2D eigenvalue weighted by atomic mass is 35.5. The van der Waals surface area contributed by atoms with Gasteiger partial charge in [-0.25, -0.2) is 0 Å². The van der Waals surface area contributed by atoms with Crippen LogP contribution in [-0.4, -0.2) is 30.6 Å². The second kappa shape index (κ2) is 6.92. The minimum absolute atomic E-state index is 0.122. The summed E-state index contributed by atoms with van der Waals surface area (Å²) in [5.41, 5.74) is 1.20. The average molecular weight is 282 g/mol. The Bertz CT molecular complexity index is 436. The molecule has 104 valence electrons. The van der Waals surface area contributed by atoms with E-state index in [2.05, 4.69) is 11.0 Å². The maximum atomic E-state index is 11.5. The number of methoxy groups -OCH3 is 1. The number of halogens is 1. The van der Waals surface area contributed by atoms with E-state index >= 15 is 0 Å². The number of nitrogens with zero attached hydrogens (tertiary/aromatic N) is 1. The van der Waals surface area contributed by atoms with Crippen LogP contribution in [0.5, 0.6) is 0 Å². The molecule has 2 rings (SSSR count). The molecule has 1 fully saturated rings. The van der Waals surface area contributed by atoms with Crippen LogP contribution in [0.25, 0.3) is 0 Å². The maximum Gasteiger partial charge on any atom is 0.307 e. The number of carbonyl (C=O) groups is 1. The second-order valence-electron chi connectivity index (χ2n) is 5.03. The highest BCUT2D eigenvalue weighted by molar-refractivity contribution is 6.30. The van der Waals surface area contributed by atoms with Crippen molar-refractivity contribution in [2.75, 3.05) is 13.7 Å². The number of ether oxygens (including phenoxy) is 1. The van der Waals surface area contributed by atoms with E-state index in [1.54, 1.807) is 0 Å². The van der Waals surface area contributed by atoms with Crippen molar-refractivity contribution < 1.29 is 9.53 Å². The Morgan fingerprint density at radius 2 is 2.32 bits per heavy atom. The molecule has 0 saturated carbocycles. The lowest BCUT2D eigenvalue weighted by Gasteiger charge is -2.35. The highest BCUT2D eigenvalue weighted by Gasteiger charge is 2.25. The SMILES string of the molecule is COC(=O)CC1CCCCN1Cc1cccc(Cl)c1. The van der Waals surface area contributed by atoms with E-state index in [-0.39, 0.29) is 5.97 Å². The minimum atomic E-state index is -0.122. The summed E-state index contributed by atoms with van der Waals surface area (Å²) in [5.74, 6) is -0.122. The summed E-state index contributed by atoms with van der Waals surface area (Å²) in [6.45, 7) is 1.89. The van der Waals surface area contributed by atoms with Crippen molar-refractivity contribution in [3.63, 3.8) is 0 Å². The molecule has 1 unspecified atom stereocenters. The van der Waals surface area contributed by atoms with E-state index in [0.29, 0.717) is 12.5 Å². The average Bonchev–Trinajstić information content (AvgIpc) is 2.41. The predicted molar refractivity (Wildman–Crippen MR) is 76.1 cm³/mol. The lowest BCUT2D eigenvalue weighted by Crippen LogP contribution is -2.40. The lowest BCUT2D eigenvalue weighted by molar-refractivity contribution is -0.142. The van der Waals surface area contributed by atoms with Gasteiger partial charge in [-0.05, 0) is 37.1 Å². The van der Waals surface area contributed by atoms with Crippen LogP contribution in [0.3, 0.4) is 0 Å². The van der Waals surface area contributed by atoms with Crippen molar-refractivity contribution in [2.24, 2.45) is 0 Å². The zero-order valence-corrected chi connectivity index (χ0v) is 12.0. The minimum Gasteiger partial charge on any atom is -0.469 e. The van der Waals surface area contributed by atoms with E-state index in [1.807, 2.05) is 18.2 Å². The molecular weight excluding hydrogens is 262 g/mol.